The van der Waals surface area contributed by atoms with Crippen LogP contribution in [-0.4, -0.2) is 33.3 Å². The van der Waals surface area contributed by atoms with Crippen LogP contribution in [0.25, 0.3) is 0 Å². The molecule has 0 saturated carbocycles. The largest absolute Gasteiger partial charge is 0.497 e. The van der Waals surface area contributed by atoms with Crippen LogP contribution in [0.5, 0.6) is 23.0 Å². The van der Waals surface area contributed by atoms with Crippen molar-refractivity contribution in [1.29, 1.82) is 0 Å². The van der Waals surface area contributed by atoms with E-state index in [1.807, 2.05) is 24.3 Å². The number of rotatable bonds is 8. The Kier molecular flexibility index (Phi) is 6.51. The molecular formula is C19H23NO5. The summed E-state index contributed by atoms with van der Waals surface area (Å²) in [7, 11) is 4.74. The maximum absolute atomic E-state index is 12.2. The minimum atomic E-state index is -0.632. The van der Waals surface area contributed by atoms with E-state index in [4.69, 9.17) is 18.9 Å². The van der Waals surface area contributed by atoms with Crippen molar-refractivity contribution in [2.45, 2.75) is 19.6 Å². The summed E-state index contributed by atoms with van der Waals surface area (Å²) in [6, 6.07) is 12.6. The van der Waals surface area contributed by atoms with Crippen LogP contribution in [-0.2, 0) is 11.3 Å². The molecule has 0 aliphatic carbocycles. The molecule has 2 aromatic rings. The normalized spacial score (nSPS) is 11.4. The summed E-state index contributed by atoms with van der Waals surface area (Å²) in [5.41, 5.74) is 0.902. The highest BCUT2D eigenvalue weighted by Crippen LogP contribution is 2.27. The van der Waals surface area contributed by atoms with E-state index in [1.165, 1.54) is 0 Å². The Hall–Kier alpha value is -2.89. The van der Waals surface area contributed by atoms with Crippen molar-refractivity contribution in [3.8, 4) is 23.0 Å². The highest BCUT2D eigenvalue weighted by atomic mass is 16.5. The Morgan fingerprint density at radius 3 is 2.36 bits per heavy atom. The molecule has 0 heterocycles. The summed E-state index contributed by atoms with van der Waals surface area (Å²) in [5.74, 6) is 2.31. The molecule has 2 aromatic carbocycles. The van der Waals surface area contributed by atoms with Crippen molar-refractivity contribution in [2.24, 2.45) is 0 Å². The number of benzene rings is 2. The second-order valence-corrected chi connectivity index (χ2v) is 5.35. The molecule has 0 aliphatic rings. The van der Waals surface area contributed by atoms with E-state index < -0.39 is 6.10 Å². The van der Waals surface area contributed by atoms with Gasteiger partial charge in [-0.05, 0) is 36.8 Å². The maximum atomic E-state index is 12.2. The number of amides is 1. The second kappa shape index (κ2) is 8.82. The standard InChI is InChI=1S/C19H23NO5/c1-13(25-16-7-5-6-15(11-16)22-2)19(21)20-12-14-8-9-17(23-3)18(10-14)24-4/h5-11,13H,12H2,1-4H3,(H,20,21)/t13-/m1/s1. The first-order valence-corrected chi connectivity index (χ1v) is 7.86. The van der Waals surface area contributed by atoms with Gasteiger partial charge in [0.1, 0.15) is 11.5 Å². The number of hydrogen-bond acceptors (Lipinski definition) is 5. The minimum absolute atomic E-state index is 0.211. The molecule has 0 radical (unpaired) electrons. The molecule has 0 saturated heterocycles. The first kappa shape index (κ1) is 18.4. The van der Waals surface area contributed by atoms with Gasteiger partial charge in [0.25, 0.3) is 5.91 Å². The zero-order chi connectivity index (χ0) is 18.2. The zero-order valence-electron chi connectivity index (χ0n) is 14.9. The summed E-state index contributed by atoms with van der Waals surface area (Å²) in [6.07, 6.45) is -0.632. The molecule has 1 amide bonds. The van der Waals surface area contributed by atoms with Crippen LogP contribution in [0.2, 0.25) is 0 Å². The third-order valence-electron chi connectivity index (χ3n) is 3.64. The Balaban J connectivity index is 1.92. The van der Waals surface area contributed by atoms with Crippen molar-refractivity contribution in [2.75, 3.05) is 21.3 Å². The third-order valence-corrected chi connectivity index (χ3v) is 3.64. The van der Waals surface area contributed by atoms with E-state index >= 15 is 0 Å². The Morgan fingerprint density at radius 1 is 0.960 bits per heavy atom. The number of ether oxygens (including phenoxy) is 4. The van der Waals surface area contributed by atoms with Crippen LogP contribution in [0.1, 0.15) is 12.5 Å². The summed E-state index contributed by atoms with van der Waals surface area (Å²) in [4.78, 5) is 12.2. The summed E-state index contributed by atoms with van der Waals surface area (Å²) < 4.78 is 21.2. The van der Waals surface area contributed by atoms with Gasteiger partial charge in [0.2, 0.25) is 0 Å². The fourth-order valence-corrected chi connectivity index (χ4v) is 2.26. The van der Waals surface area contributed by atoms with Gasteiger partial charge in [-0.25, -0.2) is 0 Å². The lowest BCUT2D eigenvalue weighted by atomic mass is 10.2. The third kappa shape index (κ3) is 5.04. The highest BCUT2D eigenvalue weighted by Gasteiger charge is 2.15. The van der Waals surface area contributed by atoms with E-state index in [9.17, 15) is 4.79 Å². The van der Waals surface area contributed by atoms with Crippen LogP contribution in [0.15, 0.2) is 42.5 Å². The number of hydrogen-bond donors (Lipinski definition) is 1. The quantitative estimate of drug-likeness (QED) is 0.797. The molecule has 134 valence electrons. The Bertz CT molecular complexity index is 717. The van der Waals surface area contributed by atoms with Gasteiger partial charge in [-0.1, -0.05) is 12.1 Å². The molecule has 6 heteroatoms. The fourth-order valence-electron chi connectivity index (χ4n) is 2.26. The van der Waals surface area contributed by atoms with Crippen LogP contribution in [0, 0.1) is 0 Å². The fraction of sp³-hybridized carbons (Fsp3) is 0.316. The Morgan fingerprint density at radius 2 is 1.68 bits per heavy atom. The molecule has 25 heavy (non-hydrogen) atoms. The maximum Gasteiger partial charge on any atom is 0.261 e. The van der Waals surface area contributed by atoms with E-state index in [0.29, 0.717) is 29.5 Å². The lowest BCUT2D eigenvalue weighted by Gasteiger charge is -2.16. The van der Waals surface area contributed by atoms with Gasteiger partial charge in [0.15, 0.2) is 17.6 Å². The van der Waals surface area contributed by atoms with Crippen LogP contribution in [0.4, 0.5) is 0 Å². The van der Waals surface area contributed by atoms with Gasteiger partial charge in [-0.2, -0.15) is 0 Å². The highest BCUT2D eigenvalue weighted by molar-refractivity contribution is 5.80. The lowest BCUT2D eigenvalue weighted by molar-refractivity contribution is -0.127. The summed E-state index contributed by atoms with van der Waals surface area (Å²) in [6.45, 7) is 2.06. The topological polar surface area (TPSA) is 66.0 Å². The van der Waals surface area contributed by atoms with E-state index in [0.717, 1.165) is 5.56 Å². The van der Waals surface area contributed by atoms with Gasteiger partial charge in [0.05, 0.1) is 21.3 Å². The number of carbonyl (C=O) groups is 1. The Labute approximate surface area is 147 Å². The van der Waals surface area contributed by atoms with Gasteiger partial charge in [0, 0.05) is 12.6 Å². The summed E-state index contributed by atoms with van der Waals surface area (Å²) in [5, 5.41) is 2.84. The van der Waals surface area contributed by atoms with Gasteiger partial charge < -0.3 is 24.3 Å². The molecular weight excluding hydrogens is 322 g/mol. The van der Waals surface area contributed by atoms with Crippen molar-refractivity contribution >= 4 is 5.91 Å². The number of nitrogens with one attached hydrogen (secondary N) is 1. The predicted octanol–water partition coefficient (Wildman–Crippen LogP) is 2.80. The average Bonchev–Trinajstić information content (AvgIpc) is 2.65. The first-order valence-electron chi connectivity index (χ1n) is 7.86. The molecule has 1 atom stereocenters. The molecule has 1 N–H and O–H groups in total. The molecule has 0 aromatic heterocycles. The van der Waals surface area contributed by atoms with E-state index in [-0.39, 0.29) is 5.91 Å². The molecule has 0 spiro atoms. The van der Waals surface area contributed by atoms with Gasteiger partial charge in [-0.15, -0.1) is 0 Å². The zero-order valence-corrected chi connectivity index (χ0v) is 14.9. The van der Waals surface area contributed by atoms with Crippen LogP contribution >= 0.6 is 0 Å². The monoisotopic (exact) mass is 345 g/mol. The van der Waals surface area contributed by atoms with E-state index in [1.54, 1.807) is 46.5 Å². The van der Waals surface area contributed by atoms with Crippen molar-refractivity contribution in [3.63, 3.8) is 0 Å². The molecule has 0 bridgehead atoms. The minimum Gasteiger partial charge on any atom is -0.497 e. The predicted molar refractivity (Wildman–Crippen MR) is 94.5 cm³/mol. The second-order valence-electron chi connectivity index (χ2n) is 5.35. The average molecular weight is 345 g/mol. The molecule has 0 fully saturated rings. The van der Waals surface area contributed by atoms with E-state index in [2.05, 4.69) is 5.32 Å². The van der Waals surface area contributed by atoms with Gasteiger partial charge >= 0.3 is 0 Å². The smallest absolute Gasteiger partial charge is 0.261 e. The molecule has 2 rings (SSSR count). The number of carbonyl (C=O) groups excluding carboxylic acids is 1. The molecule has 0 unspecified atom stereocenters. The first-order chi connectivity index (χ1) is 12.1. The van der Waals surface area contributed by atoms with Crippen LogP contribution < -0.4 is 24.3 Å². The number of methoxy groups -OCH3 is 3. The van der Waals surface area contributed by atoms with Crippen LogP contribution in [0.3, 0.4) is 0 Å². The molecule has 6 nitrogen and oxygen atoms in total. The lowest BCUT2D eigenvalue weighted by Crippen LogP contribution is -2.35. The SMILES string of the molecule is COc1cccc(O[C@H](C)C(=O)NCc2ccc(OC)c(OC)c2)c1. The summed E-state index contributed by atoms with van der Waals surface area (Å²) >= 11 is 0. The van der Waals surface area contributed by atoms with Crippen molar-refractivity contribution in [3.05, 3.63) is 48.0 Å². The van der Waals surface area contributed by atoms with Crippen molar-refractivity contribution < 1.29 is 23.7 Å². The van der Waals surface area contributed by atoms with Crippen molar-refractivity contribution in [1.82, 2.24) is 5.32 Å². The molecule has 0 aliphatic heterocycles. The van der Waals surface area contributed by atoms with Gasteiger partial charge in [-0.3, -0.25) is 4.79 Å².